The third-order valence-electron chi connectivity index (χ3n) is 5.96. The van der Waals surface area contributed by atoms with Crippen LogP contribution in [0.1, 0.15) is 65.7 Å². The summed E-state index contributed by atoms with van der Waals surface area (Å²) in [6.45, 7) is 10.2. The Morgan fingerprint density at radius 2 is 1.80 bits per heavy atom. The third kappa shape index (κ3) is 8.93. The van der Waals surface area contributed by atoms with Gasteiger partial charge in [0.05, 0.1) is 6.42 Å². The molecule has 2 saturated heterocycles. The van der Waals surface area contributed by atoms with E-state index in [1.165, 1.54) is 0 Å². The van der Waals surface area contributed by atoms with Crippen LogP contribution in [-0.4, -0.2) is 50.7 Å². The Labute approximate surface area is 178 Å². The number of rotatable bonds is 5. The Balaban J connectivity index is 0.000000280. The van der Waals surface area contributed by atoms with Crippen molar-refractivity contribution in [3.05, 3.63) is 11.6 Å². The highest BCUT2D eigenvalue weighted by Crippen LogP contribution is 2.45. The van der Waals surface area contributed by atoms with E-state index in [0.29, 0.717) is 5.41 Å². The van der Waals surface area contributed by atoms with Crippen LogP contribution in [0.4, 0.5) is 22.0 Å². The molecule has 1 spiro atoms. The molecule has 1 aliphatic carbocycles. The minimum absolute atomic E-state index is 0.203. The number of allylic oxidation sites excluding steroid dienone is 2. The fourth-order valence-corrected chi connectivity index (χ4v) is 4.20. The maximum atomic E-state index is 12.0. The summed E-state index contributed by atoms with van der Waals surface area (Å²) in [5.74, 6) is 5.36. The average Bonchev–Trinajstić information content (AvgIpc) is 3.04. The van der Waals surface area contributed by atoms with Gasteiger partial charge in [-0.2, -0.15) is 13.2 Å². The molecule has 30 heavy (non-hydrogen) atoms. The van der Waals surface area contributed by atoms with E-state index >= 15 is 0 Å². The molecule has 2 aliphatic heterocycles. The Hall–Kier alpha value is -1.13. The molecule has 0 radical (unpaired) electrons. The van der Waals surface area contributed by atoms with Crippen LogP contribution in [-0.2, 0) is 0 Å². The molecule has 7 heteroatoms. The van der Waals surface area contributed by atoms with Crippen molar-refractivity contribution in [3.8, 4) is 11.8 Å². The van der Waals surface area contributed by atoms with Gasteiger partial charge in [-0.25, -0.2) is 8.78 Å². The highest BCUT2D eigenvalue weighted by Gasteiger charge is 2.43. The SMILES string of the molecule is CC.CCC1(CC#CCC(F)F)CNC1.CN1CC2(CC=C(CCC(F)(F)F)C2)C1. The Morgan fingerprint density at radius 1 is 1.17 bits per heavy atom. The lowest BCUT2D eigenvalue weighted by Gasteiger charge is -2.46. The minimum Gasteiger partial charge on any atom is -0.315 e. The molecule has 0 atom stereocenters. The van der Waals surface area contributed by atoms with E-state index in [1.807, 2.05) is 19.9 Å². The van der Waals surface area contributed by atoms with E-state index in [0.717, 1.165) is 57.4 Å². The highest BCUT2D eigenvalue weighted by molar-refractivity contribution is 5.19. The number of hydrogen-bond donors (Lipinski definition) is 1. The summed E-state index contributed by atoms with van der Waals surface area (Å²) >= 11 is 0. The molecule has 0 aromatic rings. The van der Waals surface area contributed by atoms with Gasteiger partial charge in [0.2, 0.25) is 6.43 Å². The molecular formula is C23H37F5N2. The second-order valence-electron chi connectivity index (χ2n) is 8.61. The third-order valence-corrected chi connectivity index (χ3v) is 5.96. The Kier molecular flexibility index (Phi) is 10.8. The maximum absolute atomic E-state index is 12.0. The van der Waals surface area contributed by atoms with Crippen molar-refractivity contribution in [1.29, 1.82) is 0 Å². The molecule has 3 rings (SSSR count). The summed E-state index contributed by atoms with van der Waals surface area (Å²) in [4.78, 5) is 2.22. The van der Waals surface area contributed by atoms with Crippen molar-refractivity contribution in [2.75, 3.05) is 33.2 Å². The van der Waals surface area contributed by atoms with Gasteiger partial charge in [-0.05, 0) is 32.7 Å². The number of likely N-dealkylation sites (tertiary alicyclic amines) is 1. The fraction of sp³-hybridized carbons (Fsp3) is 0.826. The first-order valence-corrected chi connectivity index (χ1v) is 10.9. The first-order chi connectivity index (χ1) is 14.1. The van der Waals surface area contributed by atoms with Gasteiger partial charge in [-0.1, -0.05) is 38.3 Å². The van der Waals surface area contributed by atoms with Gasteiger partial charge in [0.1, 0.15) is 0 Å². The summed E-state index contributed by atoms with van der Waals surface area (Å²) in [5, 5.41) is 3.19. The predicted octanol–water partition coefficient (Wildman–Crippen LogP) is 6.04. The minimum atomic E-state index is -4.01. The summed E-state index contributed by atoms with van der Waals surface area (Å²) in [6.07, 6.45) is -1.33. The predicted molar refractivity (Wildman–Crippen MR) is 112 cm³/mol. The summed E-state index contributed by atoms with van der Waals surface area (Å²) in [5.41, 5.74) is 1.59. The van der Waals surface area contributed by atoms with E-state index in [2.05, 4.69) is 36.0 Å². The largest absolute Gasteiger partial charge is 0.389 e. The summed E-state index contributed by atoms with van der Waals surface area (Å²) < 4.78 is 59.5. The van der Waals surface area contributed by atoms with Crippen LogP contribution in [0.5, 0.6) is 0 Å². The van der Waals surface area contributed by atoms with E-state index in [1.54, 1.807) is 0 Å². The van der Waals surface area contributed by atoms with Crippen LogP contribution in [0, 0.1) is 22.7 Å². The first kappa shape index (κ1) is 26.9. The van der Waals surface area contributed by atoms with Crippen LogP contribution in [0.2, 0.25) is 0 Å². The van der Waals surface area contributed by atoms with Crippen LogP contribution in [0.3, 0.4) is 0 Å². The zero-order valence-corrected chi connectivity index (χ0v) is 18.8. The van der Waals surface area contributed by atoms with E-state index in [9.17, 15) is 22.0 Å². The smallest absolute Gasteiger partial charge is 0.315 e. The molecular weight excluding hydrogens is 399 g/mol. The van der Waals surface area contributed by atoms with Crippen LogP contribution in [0.25, 0.3) is 0 Å². The van der Waals surface area contributed by atoms with E-state index in [-0.39, 0.29) is 18.3 Å². The van der Waals surface area contributed by atoms with Crippen molar-refractivity contribution in [1.82, 2.24) is 10.2 Å². The topological polar surface area (TPSA) is 15.3 Å². The van der Waals surface area contributed by atoms with Crippen LogP contribution >= 0.6 is 0 Å². The van der Waals surface area contributed by atoms with Gasteiger partial charge in [-0.15, -0.1) is 5.92 Å². The molecule has 0 unspecified atom stereocenters. The summed E-state index contributed by atoms with van der Waals surface area (Å²) in [6, 6.07) is 0. The number of halogens is 5. The molecule has 2 heterocycles. The molecule has 174 valence electrons. The van der Waals surface area contributed by atoms with Gasteiger partial charge in [0.25, 0.3) is 0 Å². The molecule has 2 nitrogen and oxygen atoms in total. The van der Waals surface area contributed by atoms with E-state index in [4.69, 9.17) is 0 Å². The van der Waals surface area contributed by atoms with Gasteiger partial charge in [0, 0.05) is 49.9 Å². The van der Waals surface area contributed by atoms with Crippen molar-refractivity contribution < 1.29 is 22.0 Å². The molecule has 1 N–H and O–H groups in total. The monoisotopic (exact) mass is 436 g/mol. The highest BCUT2D eigenvalue weighted by atomic mass is 19.4. The average molecular weight is 437 g/mol. The first-order valence-electron chi connectivity index (χ1n) is 10.9. The van der Waals surface area contributed by atoms with Crippen molar-refractivity contribution >= 4 is 0 Å². The van der Waals surface area contributed by atoms with E-state index < -0.39 is 19.0 Å². The lowest BCUT2D eigenvalue weighted by atomic mass is 9.76. The molecule has 0 saturated carbocycles. The van der Waals surface area contributed by atoms with Gasteiger partial charge in [-0.3, -0.25) is 0 Å². The molecule has 2 fully saturated rings. The van der Waals surface area contributed by atoms with Crippen molar-refractivity contribution in [2.24, 2.45) is 10.8 Å². The standard InChI is InChI=1S/C11H16F3N.C10H15F2N.C2H6/c1-15-7-10(8-15)4-2-9(6-10)3-5-11(12,13)14;1-2-10(7-13-8-10)6-4-3-5-9(11)12;1-2/h2H,3-8H2,1H3;9,13H,2,5-8H2,1H3;1-2H3. The van der Waals surface area contributed by atoms with Crippen molar-refractivity contribution in [3.63, 3.8) is 0 Å². The Morgan fingerprint density at radius 3 is 2.23 bits per heavy atom. The molecule has 0 aromatic carbocycles. The van der Waals surface area contributed by atoms with Crippen LogP contribution < -0.4 is 5.32 Å². The number of nitrogens with zero attached hydrogens (tertiary/aromatic N) is 1. The zero-order valence-electron chi connectivity index (χ0n) is 18.8. The quantitative estimate of drug-likeness (QED) is 0.321. The second kappa shape index (κ2) is 12.0. The number of hydrogen-bond acceptors (Lipinski definition) is 2. The normalized spacial score (nSPS) is 21.2. The van der Waals surface area contributed by atoms with Gasteiger partial charge >= 0.3 is 6.18 Å². The lowest BCUT2D eigenvalue weighted by Crippen LogP contribution is -2.52. The van der Waals surface area contributed by atoms with Gasteiger partial charge < -0.3 is 10.2 Å². The number of nitrogens with one attached hydrogen (secondary N) is 1. The molecule has 0 aromatic heterocycles. The second-order valence-corrected chi connectivity index (χ2v) is 8.61. The van der Waals surface area contributed by atoms with Crippen molar-refractivity contribution in [2.45, 2.75) is 78.3 Å². The molecule has 0 amide bonds. The summed E-state index contributed by atoms with van der Waals surface area (Å²) in [7, 11) is 2.05. The fourth-order valence-electron chi connectivity index (χ4n) is 4.20. The molecule has 3 aliphatic rings. The lowest BCUT2D eigenvalue weighted by molar-refractivity contribution is -0.134. The zero-order chi connectivity index (χ0) is 22.8. The van der Waals surface area contributed by atoms with Crippen LogP contribution in [0.15, 0.2) is 11.6 Å². The maximum Gasteiger partial charge on any atom is 0.389 e. The van der Waals surface area contributed by atoms with Gasteiger partial charge in [0.15, 0.2) is 0 Å². The number of alkyl halides is 5. The molecule has 0 bridgehead atoms. The Bertz CT molecular complexity index is 585.